The molecule has 2 aromatic heterocycles. The number of aromatic nitrogens is 4. The van der Waals surface area contributed by atoms with Crippen LogP contribution in [0, 0.1) is 6.92 Å². The van der Waals surface area contributed by atoms with E-state index < -0.39 is 0 Å². The molecule has 1 N–H and O–H groups in total. The molecular weight excluding hydrogens is 382 g/mol. The fraction of sp³-hybridized carbons (Fsp3) is 0.273. The normalized spacial score (nSPS) is 11.3. The molecule has 4 aromatic rings. The number of benzene rings is 2. The van der Waals surface area contributed by atoms with Gasteiger partial charge in [-0.25, -0.2) is 4.79 Å². The van der Waals surface area contributed by atoms with Gasteiger partial charge < -0.3 is 9.84 Å². The number of imidazole rings is 1. The predicted molar refractivity (Wildman–Crippen MR) is 113 cm³/mol. The molecule has 4 rings (SSSR count). The number of carbonyl (C=O) groups excluding carboxylic acids is 1. The number of hydrogen-bond acceptors (Lipinski definition) is 5. The average Bonchev–Trinajstić information content (AvgIpc) is 3.28. The van der Waals surface area contributed by atoms with Crippen molar-refractivity contribution in [3.05, 3.63) is 70.5 Å². The lowest BCUT2D eigenvalue weighted by Crippen LogP contribution is -2.33. The Hall–Kier alpha value is -3.68. The lowest BCUT2D eigenvalue weighted by Gasteiger charge is -2.07. The summed E-state index contributed by atoms with van der Waals surface area (Å²) in [6.07, 6.45) is 0. The van der Waals surface area contributed by atoms with Crippen LogP contribution in [0.4, 0.5) is 0 Å². The van der Waals surface area contributed by atoms with Gasteiger partial charge in [-0.05, 0) is 37.6 Å². The summed E-state index contributed by atoms with van der Waals surface area (Å²) in [4.78, 5) is 29.9. The highest BCUT2D eigenvalue weighted by Gasteiger charge is 2.19. The predicted octanol–water partition coefficient (Wildman–Crippen LogP) is 3.06. The van der Waals surface area contributed by atoms with Crippen molar-refractivity contribution >= 4 is 16.9 Å². The van der Waals surface area contributed by atoms with Gasteiger partial charge in [0.05, 0.1) is 11.0 Å². The minimum Gasteiger partial charge on any atom is -0.350 e. The van der Waals surface area contributed by atoms with E-state index in [-0.39, 0.29) is 24.2 Å². The molecule has 0 spiro atoms. The molecule has 0 bridgehead atoms. The first-order valence-corrected chi connectivity index (χ1v) is 9.80. The van der Waals surface area contributed by atoms with Crippen LogP contribution < -0.4 is 11.0 Å². The molecular formula is C22H23N5O3. The highest BCUT2D eigenvalue weighted by atomic mass is 16.5. The maximum absolute atomic E-state index is 13.1. The zero-order valence-electron chi connectivity index (χ0n) is 17.1. The Bertz CT molecular complexity index is 1250. The van der Waals surface area contributed by atoms with Crippen molar-refractivity contribution < 1.29 is 9.32 Å². The Balaban J connectivity index is 1.69. The van der Waals surface area contributed by atoms with E-state index in [0.717, 1.165) is 16.6 Å². The first kappa shape index (κ1) is 19.6. The maximum Gasteiger partial charge on any atom is 0.329 e. The van der Waals surface area contributed by atoms with Gasteiger partial charge in [-0.15, -0.1) is 0 Å². The van der Waals surface area contributed by atoms with Crippen molar-refractivity contribution in [2.75, 3.05) is 0 Å². The van der Waals surface area contributed by atoms with E-state index in [0.29, 0.717) is 23.8 Å². The minimum absolute atomic E-state index is 0.0492. The molecule has 0 aliphatic carbocycles. The third-order valence-electron chi connectivity index (χ3n) is 4.90. The van der Waals surface area contributed by atoms with Crippen LogP contribution in [-0.2, 0) is 17.9 Å². The third-order valence-corrected chi connectivity index (χ3v) is 4.90. The first-order valence-electron chi connectivity index (χ1n) is 9.80. The van der Waals surface area contributed by atoms with E-state index in [4.69, 9.17) is 4.52 Å². The smallest absolute Gasteiger partial charge is 0.329 e. The molecule has 0 fully saturated rings. The van der Waals surface area contributed by atoms with Crippen molar-refractivity contribution in [1.29, 1.82) is 0 Å². The van der Waals surface area contributed by atoms with E-state index in [2.05, 4.69) is 15.5 Å². The molecule has 8 heteroatoms. The minimum atomic E-state index is -0.232. The van der Waals surface area contributed by atoms with Crippen molar-refractivity contribution in [3.63, 3.8) is 0 Å². The molecule has 0 radical (unpaired) electrons. The Morgan fingerprint density at radius 3 is 2.57 bits per heavy atom. The average molecular weight is 405 g/mol. The molecule has 30 heavy (non-hydrogen) atoms. The Kier molecular flexibility index (Phi) is 5.22. The molecule has 0 saturated heterocycles. The standard InChI is InChI=1S/C22H23N5O3/c1-14(2)27-18-10-9-17(21-24-15(3)30-25-21)11-19(18)26(22(27)29)13-20(28)23-12-16-7-5-4-6-8-16/h4-11,14H,12-13H2,1-3H3,(H,23,28). The van der Waals surface area contributed by atoms with Gasteiger partial charge in [-0.2, -0.15) is 4.98 Å². The van der Waals surface area contributed by atoms with Crippen LogP contribution in [0.3, 0.4) is 0 Å². The molecule has 0 aliphatic rings. The topological polar surface area (TPSA) is 95.0 Å². The Morgan fingerprint density at radius 1 is 1.13 bits per heavy atom. The molecule has 2 heterocycles. The van der Waals surface area contributed by atoms with Crippen molar-refractivity contribution in [3.8, 4) is 11.4 Å². The van der Waals surface area contributed by atoms with E-state index in [1.807, 2.05) is 62.4 Å². The molecule has 154 valence electrons. The number of carbonyl (C=O) groups is 1. The zero-order chi connectivity index (χ0) is 21.3. The number of nitrogens with one attached hydrogen (secondary N) is 1. The fourth-order valence-electron chi connectivity index (χ4n) is 3.48. The third kappa shape index (κ3) is 3.76. The maximum atomic E-state index is 13.1. The second-order valence-electron chi connectivity index (χ2n) is 7.44. The molecule has 0 saturated carbocycles. The summed E-state index contributed by atoms with van der Waals surface area (Å²) >= 11 is 0. The van der Waals surface area contributed by atoms with Crippen molar-refractivity contribution in [1.82, 2.24) is 24.6 Å². The summed E-state index contributed by atoms with van der Waals surface area (Å²) < 4.78 is 8.25. The Labute approximate surface area is 173 Å². The quantitative estimate of drug-likeness (QED) is 0.532. The highest BCUT2D eigenvalue weighted by Crippen LogP contribution is 2.24. The van der Waals surface area contributed by atoms with Crippen LogP contribution in [0.5, 0.6) is 0 Å². The number of aryl methyl sites for hydroxylation is 1. The molecule has 0 atom stereocenters. The van der Waals surface area contributed by atoms with Crippen LogP contribution in [-0.4, -0.2) is 25.2 Å². The van der Waals surface area contributed by atoms with Gasteiger partial charge in [0.15, 0.2) is 0 Å². The van der Waals surface area contributed by atoms with E-state index in [1.54, 1.807) is 11.5 Å². The van der Waals surface area contributed by atoms with Gasteiger partial charge in [0, 0.05) is 25.1 Å². The Morgan fingerprint density at radius 2 is 1.90 bits per heavy atom. The van der Waals surface area contributed by atoms with Crippen LogP contribution in [0.2, 0.25) is 0 Å². The zero-order valence-corrected chi connectivity index (χ0v) is 17.1. The van der Waals surface area contributed by atoms with Gasteiger partial charge in [0.1, 0.15) is 6.54 Å². The summed E-state index contributed by atoms with van der Waals surface area (Å²) in [5.74, 6) is 0.673. The molecule has 2 aromatic carbocycles. The molecule has 1 amide bonds. The van der Waals surface area contributed by atoms with Crippen LogP contribution in [0.15, 0.2) is 57.8 Å². The first-order chi connectivity index (χ1) is 14.4. The monoisotopic (exact) mass is 405 g/mol. The molecule has 0 aliphatic heterocycles. The van der Waals surface area contributed by atoms with Gasteiger partial charge in [-0.1, -0.05) is 35.5 Å². The summed E-state index contributed by atoms with van der Waals surface area (Å²) in [7, 11) is 0. The lowest BCUT2D eigenvalue weighted by molar-refractivity contribution is -0.121. The summed E-state index contributed by atoms with van der Waals surface area (Å²) in [5.41, 5.74) is 2.91. The number of hydrogen-bond donors (Lipinski definition) is 1. The van der Waals surface area contributed by atoms with Crippen LogP contribution in [0.1, 0.15) is 31.3 Å². The summed E-state index contributed by atoms with van der Waals surface area (Å²) in [5, 5.41) is 6.83. The summed E-state index contributed by atoms with van der Waals surface area (Å²) in [6, 6.07) is 15.1. The number of rotatable bonds is 6. The van der Waals surface area contributed by atoms with Gasteiger partial charge >= 0.3 is 5.69 Å². The highest BCUT2D eigenvalue weighted by molar-refractivity contribution is 5.84. The van der Waals surface area contributed by atoms with Crippen LogP contribution >= 0.6 is 0 Å². The van der Waals surface area contributed by atoms with Gasteiger partial charge in [0.25, 0.3) is 0 Å². The SMILES string of the molecule is Cc1nc(-c2ccc3c(c2)n(CC(=O)NCc2ccccc2)c(=O)n3C(C)C)no1. The van der Waals surface area contributed by atoms with E-state index >= 15 is 0 Å². The van der Waals surface area contributed by atoms with E-state index in [9.17, 15) is 9.59 Å². The van der Waals surface area contributed by atoms with Gasteiger partial charge in [0.2, 0.25) is 17.6 Å². The van der Waals surface area contributed by atoms with Crippen molar-refractivity contribution in [2.24, 2.45) is 0 Å². The second kappa shape index (κ2) is 7.98. The summed E-state index contributed by atoms with van der Waals surface area (Å²) in [6.45, 7) is 5.94. The number of fused-ring (bicyclic) bond motifs is 1. The lowest BCUT2D eigenvalue weighted by atomic mass is 10.2. The molecule has 8 nitrogen and oxygen atoms in total. The van der Waals surface area contributed by atoms with Crippen LogP contribution in [0.25, 0.3) is 22.4 Å². The second-order valence-corrected chi connectivity index (χ2v) is 7.44. The number of nitrogens with zero attached hydrogens (tertiary/aromatic N) is 4. The van der Waals surface area contributed by atoms with E-state index in [1.165, 1.54) is 4.57 Å². The van der Waals surface area contributed by atoms with Crippen molar-refractivity contribution in [2.45, 2.75) is 39.9 Å². The largest absolute Gasteiger partial charge is 0.350 e. The fourth-order valence-corrected chi connectivity index (χ4v) is 3.48. The number of amides is 1. The molecule has 0 unspecified atom stereocenters. The van der Waals surface area contributed by atoms with Gasteiger partial charge in [-0.3, -0.25) is 13.9 Å².